The molecule has 4 nitrogen and oxygen atoms in total. The number of hydrogen-bond acceptors (Lipinski definition) is 3. The zero-order valence-corrected chi connectivity index (χ0v) is 13.8. The van der Waals surface area contributed by atoms with Crippen molar-refractivity contribution in [3.8, 4) is 5.75 Å². The van der Waals surface area contributed by atoms with Gasteiger partial charge in [0.2, 0.25) is 5.91 Å². The Kier molecular flexibility index (Phi) is 4.82. The van der Waals surface area contributed by atoms with Crippen LogP contribution in [0.1, 0.15) is 26.2 Å². The standard InChI is InChI=1S/C19H24N2O2/c1-3-19(22)21(16-8-10-20-11-9-16)17-6-4-15-13-18(23-2)7-5-14(15)12-17/h4-7,12-13,16,20H,3,8-11H2,1-2H3. The van der Waals surface area contributed by atoms with Crippen LogP contribution in [-0.4, -0.2) is 32.1 Å². The number of carbonyl (C=O) groups is 1. The Morgan fingerprint density at radius 3 is 2.57 bits per heavy atom. The minimum Gasteiger partial charge on any atom is -0.497 e. The third-order valence-corrected chi connectivity index (χ3v) is 4.55. The number of hydrogen-bond donors (Lipinski definition) is 1. The first-order chi connectivity index (χ1) is 11.2. The number of piperidine rings is 1. The van der Waals surface area contributed by atoms with Crippen molar-refractivity contribution in [3.05, 3.63) is 36.4 Å². The molecule has 1 N–H and O–H groups in total. The Balaban J connectivity index is 1.97. The van der Waals surface area contributed by atoms with Gasteiger partial charge in [-0.25, -0.2) is 0 Å². The number of amides is 1. The van der Waals surface area contributed by atoms with E-state index >= 15 is 0 Å². The van der Waals surface area contributed by atoms with Crippen LogP contribution in [0.4, 0.5) is 5.69 Å². The van der Waals surface area contributed by atoms with Gasteiger partial charge in [0, 0.05) is 18.2 Å². The Labute approximate surface area is 137 Å². The number of methoxy groups -OCH3 is 1. The molecule has 0 radical (unpaired) electrons. The first kappa shape index (κ1) is 15.8. The minimum absolute atomic E-state index is 0.199. The Morgan fingerprint density at radius 1 is 1.17 bits per heavy atom. The molecule has 1 aliphatic rings. The molecule has 2 aromatic carbocycles. The summed E-state index contributed by atoms with van der Waals surface area (Å²) in [6, 6.07) is 12.6. The van der Waals surface area contributed by atoms with Crippen LogP contribution in [0.5, 0.6) is 5.75 Å². The molecule has 0 saturated carbocycles. The molecular formula is C19H24N2O2. The molecule has 0 atom stereocenters. The van der Waals surface area contributed by atoms with Gasteiger partial charge in [0.1, 0.15) is 5.75 Å². The molecule has 0 bridgehead atoms. The lowest BCUT2D eigenvalue weighted by Crippen LogP contribution is -2.46. The summed E-state index contributed by atoms with van der Waals surface area (Å²) in [5.74, 6) is 1.05. The quantitative estimate of drug-likeness (QED) is 0.941. The fourth-order valence-electron chi connectivity index (χ4n) is 3.28. The van der Waals surface area contributed by atoms with Gasteiger partial charge in [-0.1, -0.05) is 19.1 Å². The zero-order valence-electron chi connectivity index (χ0n) is 13.8. The Bertz CT molecular complexity index is 693. The van der Waals surface area contributed by atoms with Crippen molar-refractivity contribution in [1.82, 2.24) is 5.32 Å². The van der Waals surface area contributed by atoms with Crippen molar-refractivity contribution in [2.45, 2.75) is 32.2 Å². The van der Waals surface area contributed by atoms with Gasteiger partial charge in [-0.3, -0.25) is 4.79 Å². The van der Waals surface area contributed by atoms with Crippen molar-refractivity contribution in [3.63, 3.8) is 0 Å². The van der Waals surface area contributed by atoms with Gasteiger partial charge in [-0.2, -0.15) is 0 Å². The second-order valence-corrected chi connectivity index (χ2v) is 6.00. The van der Waals surface area contributed by atoms with E-state index in [1.54, 1.807) is 7.11 Å². The molecule has 0 spiro atoms. The number of carbonyl (C=O) groups excluding carboxylic acids is 1. The summed E-state index contributed by atoms with van der Waals surface area (Å²) >= 11 is 0. The fraction of sp³-hybridized carbons (Fsp3) is 0.421. The average molecular weight is 312 g/mol. The highest BCUT2D eigenvalue weighted by molar-refractivity contribution is 5.97. The van der Waals surface area contributed by atoms with Crippen molar-refractivity contribution in [1.29, 1.82) is 0 Å². The van der Waals surface area contributed by atoms with Crippen LogP contribution in [0, 0.1) is 0 Å². The molecular weight excluding hydrogens is 288 g/mol. The van der Waals surface area contributed by atoms with Crippen molar-refractivity contribution >= 4 is 22.4 Å². The molecule has 4 heteroatoms. The normalized spacial score (nSPS) is 15.6. The molecule has 3 rings (SSSR count). The van der Waals surface area contributed by atoms with E-state index in [2.05, 4.69) is 29.6 Å². The lowest BCUT2D eigenvalue weighted by atomic mass is 10.0. The summed E-state index contributed by atoms with van der Waals surface area (Å²) in [6.45, 7) is 3.88. The van der Waals surface area contributed by atoms with Crippen LogP contribution in [0.2, 0.25) is 0 Å². The van der Waals surface area contributed by atoms with Gasteiger partial charge in [0.15, 0.2) is 0 Å². The maximum Gasteiger partial charge on any atom is 0.226 e. The molecule has 1 heterocycles. The highest BCUT2D eigenvalue weighted by atomic mass is 16.5. The maximum absolute atomic E-state index is 12.5. The van der Waals surface area contributed by atoms with Gasteiger partial charge < -0.3 is 15.0 Å². The minimum atomic E-state index is 0.199. The van der Waals surface area contributed by atoms with Gasteiger partial charge in [0.25, 0.3) is 0 Å². The highest BCUT2D eigenvalue weighted by Crippen LogP contribution is 2.28. The number of nitrogens with zero attached hydrogens (tertiary/aromatic N) is 1. The fourth-order valence-corrected chi connectivity index (χ4v) is 3.28. The molecule has 0 aliphatic carbocycles. The number of ether oxygens (including phenoxy) is 1. The van der Waals surface area contributed by atoms with E-state index in [1.165, 1.54) is 0 Å². The number of anilines is 1. The van der Waals surface area contributed by atoms with Crippen molar-refractivity contribution < 1.29 is 9.53 Å². The van der Waals surface area contributed by atoms with Gasteiger partial charge >= 0.3 is 0 Å². The molecule has 23 heavy (non-hydrogen) atoms. The summed E-state index contributed by atoms with van der Waals surface area (Å²) in [6.07, 6.45) is 2.54. The first-order valence-electron chi connectivity index (χ1n) is 8.33. The number of fused-ring (bicyclic) bond motifs is 1. The van der Waals surface area contributed by atoms with Crippen LogP contribution < -0.4 is 15.0 Å². The Morgan fingerprint density at radius 2 is 1.87 bits per heavy atom. The molecule has 1 fully saturated rings. The van der Waals surface area contributed by atoms with Crippen LogP contribution in [0.15, 0.2) is 36.4 Å². The third-order valence-electron chi connectivity index (χ3n) is 4.55. The molecule has 1 amide bonds. The molecule has 122 valence electrons. The summed E-state index contributed by atoms with van der Waals surface area (Å²) in [5.41, 5.74) is 1.00. The predicted octanol–water partition coefficient (Wildman–Crippen LogP) is 3.34. The highest BCUT2D eigenvalue weighted by Gasteiger charge is 2.25. The SMILES string of the molecule is CCC(=O)N(c1ccc2cc(OC)ccc2c1)C1CCNCC1. The zero-order chi connectivity index (χ0) is 16.2. The van der Waals surface area contributed by atoms with E-state index in [9.17, 15) is 4.79 Å². The number of benzene rings is 2. The summed E-state index contributed by atoms with van der Waals surface area (Å²) in [5, 5.41) is 5.63. The smallest absolute Gasteiger partial charge is 0.226 e. The third kappa shape index (κ3) is 3.32. The van der Waals surface area contributed by atoms with Crippen LogP contribution in [-0.2, 0) is 4.79 Å². The number of nitrogens with one attached hydrogen (secondary N) is 1. The van der Waals surface area contributed by atoms with E-state index in [4.69, 9.17) is 4.74 Å². The van der Waals surface area contributed by atoms with Gasteiger partial charge in [0.05, 0.1) is 7.11 Å². The summed E-state index contributed by atoms with van der Waals surface area (Å²) < 4.78 is 5.28. The predicted molar refractivity (Wildman–Crippen MR) is 94.2 cm³/mol. The lowest BCUT2D eigenvalue weighted by molar-refractivity contribution is -0.118. The second kappa shape index (κ2) is 7.01. The monoisotopic (exact) mass is 312 g/mol. The summed E-state index contributed by atoms with van der Waals surface area (Å²) in [4.78, 5) is 14.5. The van der Waals surface area contributed by atoms with E-state index < -0.39 is 0 Å². The van der Waals surface area contributed by atoms with E-state index in [0.717, 1.165) is 48.1 Å². The van der Waals surface area contributed by atoms with Gasteiger partial charge in [-0.15, -0.1) is 0 Å². The van der Waals surface area contributed by atoms with Crippen LogP contribution in [0.3, 0.4) is 0 Å². The Hall–Kier alpha value is -2.07. The summed E-state index contributed by atoms with van der Waals surface area (Å²) in [7, 11) is 1.67. The van der Waals surface area contributed by atoms with E-state index in [1.807, 2.05) is 24.0 Å². The van der Waals surface area contributed by atoms with Crippen molar-refractivity contribution in [2.75, 3.05) is 25.1 Å². The molecule has 2 aromatic rings. The van der Waals surface area contributed by atoms with Crippen LogP contribution >= 0.6 is 0 Å². The average Bonchev–Trinajstić information content (AvgIpc) is 2.62. The van der Waals surface area contributed by atoms with E-state index in [0.29, 0.717) is 12.5 Å². The van der Waals surface area contributed by atoms with Crippen molar-refractivity contribution in [2.24, 2.45) is 0 Å². The molecule has 0 aromatic heterocycles. The van der Waals surface area contributed by atoms with E-state index in [-0.39, 0.29) is 5.91 Å². The largest absolute Gasteiger partial charge is 0.497 e. The lowest BCUT2D eigenvalue weighted by Gasteiger charge is -2.34. The molecule has 0 unspecified atom stereocenters. The van der Waals surface area contributed by atoms with Gasteiger partial charge in [-0.05, 0) is 61.0 Å². The number of rotatable bonds is 4. The molecule has 1 saturated heterocycles. The molecule has 1 aliphatic heterocycles. The maximum atomic E-state index is 12.5. The topological polar surface area (TPSA) is 41.6 Å². The second-order valence-electron chi connectivity index (χ2n) is 6.00. The van der Waals surface area contributed by atoms with Crippen LogP contribution in [0.25, 0.3) is 10.8 Å². The first-order valence-corrected chi connectivity index (χ1v) is 8.33.